The number of nitrogens with two attached hydrogens (primary N) is 1. The van der Waals surface area contributed by atoms with Crippen LogP contribution in [-0.4, -0.2) is 13.1 Å². The van der Waals surface area contributed by atoms with Crippen LogP contribution >= 0.6 is 0 Å². The van der Waals surface area contributed by atoms with Crippen molar-refractivity contribution in [3.05, 3.63) is 34.9 Å². The molecule has 1 atom stereocenters. The molecule has 0 aliphatic rings. The van der Waals surface area contributed by atoms with E-state index in [0.717, 1.165) is 7.11 Å². The fraction of sp³-hybridized carbons (Fsp3) is 0.364. The second-order valence-electron chi connectivity index (χ2n) is 3.80. The Morgan fingerprint density at radius 3 is 2.10 bits per heavy atom. The molecule has 0 radical (unpaired) electrons. The van der Waals surface area contributed by atoms with Crippen molar-refractivity contribution < 1.29 is 35.9 Å². The van der Waals surface area contributed by atoms with Crippen LogP contribution in [0.25, 0.3) is 0 Å². The minimum absolute atomic E-state index is 0.0852. The highest BCUT2D eigenvalue weighted by molar-refractivity contribution is 5.77. The number of rotatable bonds is 2. The molecule has 0 unspecified atom stereocenters. The summed E-state index contributed by atoms with van der Waals surface area (Å²) in [6, 6.07) is -0.961. The van der Waals surface area contributed by atoms with Crippen LogP contribution in [0.5, 0.6) is 0 Å². The largest absolute Gasteiger partial charge is 0.468 e. The average molecular weight is 301 g/mol. The van der Waals surface area contributed by atoms with Crippen LogP contribution in [-0.2, 0) is 21.9 Å². The normalized spacial score (nSPS) is 14.0. The average Bonchev–Trinajstić information content (AvgIpc) is 2.34. The van der Waals surface area contributed by atoms with Gasteiger partial charge in [-0.1, -0.05) is 6.07 Å². The van der Waals surface area contributed by atoms with Crippen molar-refractivity contribution in [2.24, 2.45) is 5.73 Å². The highest BCUT2D eigenvalue weighted by Crippen LogP contribution is 2.38. The summed E-state index contributed by atoms with van der Waals surface area (Å²) in [5, 5.41) is 0. The Bertz CT molecular complexity index is 509. The quantitative estimate of drug-likeness (QED) is 0.675. The van der Waals surface area contributed by atoms with Crippen LogP contribution in [0.4, 0.5) is 26.3 Å². The molecule has 1 aromatic rings. The third-order valence-corrected chi connectivity index (χ3v) is 2.48. The first kappa shape index (κ1) is 16.3. The Morgan fingerprint density at radius 1 is 1.15 bits per heavy atom. The minimum Gasteiger partial charge on any atom is -0.468 e. The number of benzene rings is 1. The van der Waals surface area contributed by atoms with Crippen molar-refractivity contribution in [2.75, 3.05) is 7.11 Å². The number of hydrogen-bond acceptors (Lipinski definition) is 3. The molecule has 0 aliphatic carbocycles. The minimum atomic E-state index is -5.08. The van der Waals surface area contributed by atoms with Gasteiger partial charge in [0.05, 0.1) is 18.2 Å². The Kier molecular flexibility index (Phi) is 4.33. The molecular weight excluding hydrogens is 292 g/mol. The van der Waals surface area contributed by atoms with Crippen LogP contribution in [0.15, 0.2) is 18.2 Å². The van der Waals surface area contributed by atoms with Crippen molar-refractivity contribution in [2.45, 2.75) is 18.4 Å². The summed E-state index contributed by atoms with van der Waals surface area (Å²) in [5.41, 5.74) is 1.37. The zero-order valence-corrected chi connectivity index (χ0v) is 9.97. The molecular formula is C11H9F6NO2. The predicted octanol–water partition coefficient (Wildman–Crippen LogP) is 2.90. The molecule has 0 amide bonds. The van der Waals surface area contributed by atoms with Gasteiger partial charge in [-0.15, -0.1) is 0 Å². The van der Waals surface area contributed by atoms with Crippen LogP contribution < -0.4 is 5.73 Å². The summed E-state index contributed by atoms with van der Waals surface area (Å²) in [7, 11) is 0.902. The summed E-state index contributed by atoms with van der Waals surface area (Å²) in [6.45, 7) is 0. The van der Waals surface area contributed by atoms with Gasteiger partial charge in [-0.25, -0.2) is 0 Å². The van der Waals surface area contributed by atoms with Crippen LogP contribution in [0, 0.1) is 0 Å². The van der Waals surface area contributed by atoms with E-state index in [4.69, 9.17) is 5.73 Å². The van der Waals surface area contributed by atoms with E-state index < -0.39 is 41.1 Å². The fourth-order valence-electron chi connectivity index (χ4n) is 1.50. The number of carbonyl (C=O) groups is 1. The number of methoxy groups -OCH3 is 1. The lowest BCUT2D eigenvalue weighted by Crippen LogP contribution is -2.26. The van der Waals surface area contributed by atoms with Gasteiger partial charge in [0.15, 0.2) is 0 Å². The third-order valence-electron chi connectivity index (χ3n) is 2.48. The van der Waals surface area contributed by atoms with Crippen LogP contribution in [0.2, 0.25) is 0 Å². The fourth-order valence-corrected chi connectivity index (χ4v) is 1.50. The van der Waals surface area contributed by atoms with E-state index in [1.807, 2.05) is 0 Å². The molecule has 1 rings (SSSR count). The number of alkyl halides is 6. The van der Waals surface area contributed by atoms with Gasteiger partial charge < -0.3 is 10.5 Å². The first-order chi connectivity index (χ1) is 8.98. The SMILES string of the molecule is COC(=O)[C@@H](N)c1ccc(C(F)(F)F)cc1C(F)(F)F. The predicted molar refractivity (Wildman–Crippen MR) is 55.4 cm³/mol. The molecule has 1 aromatic carbocycles. The Hall–Kier alpha value is -1.77. The first-order valence-electron chi connectivity index (χ1n) is 5.10. The van der Waals surface area contributed by atoms with Crippen molar-refractivity contribution in [3.8, 4) is 0 Å². The van der Waals surface area contributed by atoms with Crippen molar-refractivity contribution >= 4 is 5.97 Å². The summed E-state index contributed by atoms with van der Waals surface area (Å²) < 4.78 is 79.8. The molecule has 0 aliphatic heterocycles. The highest BCUT2D eigenvalue weighted by atomic mass is 19.4. The van der Waals surface area contributed by atoms with Gasteiger partial charge in [0, 0.05) is 0 Å². The van der Waals surface area contributed by atoms with E-state index in [1.165, 1.54) is 0 Å². The highest BCUT2D eigenvalue weighted by Gasteiger charge is 2.40. The smallest absolute Gasteiger partial charge is 0.416 e. The molecule has 3 nitrogen and oxygen atoms in total. The van der Waals surface area contributed by atoms with E-state index in [1.54, 1.807) is 0 Å². The molecule has 20 heavy (non-hydrogen) atoms. The van der Waals surface area contributed by atoms with Gasteiger partial charge in [0.2, 0.25) is 0 Å². The summed E-state index contributed by atoms with van der Waals surface area (Å²) in [5.74, 6) is -1.18. The van der Waals surface area contributed by atoms with Gasteiger partial charge in [0.1, 0.15) is 6.04 Å². The molecule has 0 aromatic heterocycles. The number of esters is 1. The molecule has 112 valence electrons. The molecule has 0 heterocycles. The summed E-state index contributed by atoms with van der Waals surface area (Å²) in [6.07, 6.45) is -10.0. The maximum Gasteiger partial charge on any atom is 0.416 e. The van der Waals surface area contributed by atoms with Crippen molar-refractivity contribution in [3.63, 3.8) is 0 Å². The zero-order chi connectivity index (χ0) is 15.7. The van der Waals surface area contributed by atoms with Gasteiger partial charge in [0.25, 0.3) is 0 Å². The lowest BCUT2D eigenvalue weighted by molar-refractivity contribution is -0.145. The van der Waals surface area contributed by atoms with Gasteiger partial charge >= 0.3 is 18.3 Å². The monoisotopic (exact) mass is 301 g/mol. The van der Waals surface area contributed by atoms with E-state index >= 15 is 0 Å². The molecule has 0 saturated heterocycles. The molecule has 0 fully saturated rings. The van der Waals surface area contributed by atoms with Crippen LogP contribution in [0.1, 0.15) is 22.7 Å². The van der Waals surface area contributed by atoms with Gasteiger partial charge in [-0.3, -0.25) is 4.79 Å². The van der Waals surface area contributed by atoms with E-state index in [9.17, 15) is 31.1 Å². The maximum atomic E-state index is 12.8. The number of carbonyl (C=O) groups excluding carboxylic acids is 1. The maximum absolute atomic E-state index is 12.8. The number of hydrogen-bond donors (Lipinski definition) is 1. The topological polar surface area (TPSA) is 52.3 Å². The Balaban J connectivity index is 3.43. The van der Waals surface area contributed by atoms with Crippen molar-refractivity contribution in [1.29, 1.82) is 0 Å². The lowest BCUT2D eigenvalue weighted by Gasteiger charge is -2.18. The van der Waals surface area contributed by atoms with E-state index in [2.05, 4.69) is 4.74 Å². The standard InChI is InChI=1S/C11H9F6NO2/c1-20-9(19)8(18)6-3-2-5(10(12,13)14)4-7(6)11(15,16)17/h2-4,8H,18H2,1H3/t8-/m0/s1. The van der Waals surface area contributed by atoms with Gasteiger partial charge in [-0.05, 0) is 17.7 Å². The third kappa shape index (κ3) is 3.41. The van der Waals surface area contributed by atoms with Crippen LogP contribution in [0.3, 0.4) is 0 Å². The van der Waals surface area contributed by atoms with Gasteiger partial charge in [-0.2, -0.15) is 26.3 Å². The summed E-state index contributed by atoms with van der Waals surface area (Å²) in [4.78, 5) is 11.1. The summed E-state index contributed by atoms with van der Waals surface area (Å²) >= 11 is 0. The molecule has 0 bridgehead atoms. The van der Waals surface area contributed by atoms with Crippen molar-refractivity contribution in [1.82, 2.24) is 0 Å². The zero-order valence-electron chi connectivity index (χ0n) is 9.97. The number of ether oxygens (including phenoxy) is 1. The first-order valence-corrected chi connectivity index (χ1v) is 5.10. The Labute approximate surface area is 109 Å². The Morgan fingerprint density at radius 2 is 1.70 bits per heavy atom. The second kappa shape index (κ2) is 5.31. The number of halogens is 6. The molecule has 9 heteroatoms. The molecule has 2 N–H and O–H groups in total. The second-order valence-corrected chi connectivity index (χ2v) is 3.80. The lowest BCUT2D eigenvalue weighted by atomic mass is 9.97. The van der Waals surface area contributed by atoms with E-state index in [0.29, 0.717) is 12.1 Å². The molecule has 0 saturated carbocycles. The molecule has 0 spiro atoms. The van der Waals surface area contributed by atoms with E-state index in [-0.39, 0.29) is 6.07 Å².